The number of benzene rings is 2. The Morgan fingerprint density at radius 1 is 1.16 bits per heavy atom. The number of carbonyl (C=O) groups excluding carboxylic acids is 1. The number of amides is 1. The van der Waals surface area contributed by atoms with Crippen molar-refractivity contribution in [1.29, 1.82) is 0 Å². The van der Waals surface area contributed by atoms with Crippen molar-refractivity contribution in [2.45, 2.75) is 57.6 Å². The number of nitrogens with one attached hydrogen (secondary N) is 2. The molecule has 1 heterocycles. The maximum atomic E-state index is 13.0. The lowest BCUT2D eigenvalue weighted by atomic mass is 9.66. The third-order valence-corrected chi connectivity index (χ3v) is 7.32. The molecule has 4 atom stereocenters. The Labute approximate surface area is 185 Å². The van der Waals surface area contributed by atoms with Crippen LogP contribution in [0, 0.1) is 19.8 Å². The van der Waals surface area contributed by atoms with Crippen LogP contribution in [-0.4, -0.2) is 36.8 Å². The molecule has 2 fully saturated rings. The van der Waals surface area contributed by atoms with Crippen LogP contribution in [0.4, 0.5) is 5.69 Å². The average Bonchev–Trinajstić information content (AvgIpc) is 2.76. The zero-order chi connectivity index (χ0) is 22.0. The molecule has 0 spiro atoms. The predicted octanol–water partition coefficient (Wildman–Crippen LogP) is 3.20. The zero-order valence-corrected chi connectivity index (χ0v) is 18.9. The van der Waals surface area contributed by atoms with Crippen LogP contribution in [0.2, 0.25) is 0 Å². The van der Waals surface area contributed by atoms with E-state index in [1.165, 1.54) is 10.5 Å². The van der Waals surface area contributed by atoms with Gasteiger partial charge >= 0.3 is 0 Å². The Balaban J connectivity index is 1.58. The van der Waals surface area contributed by atoms with E-state index >= 15 is 0 Å². The number of rotatable bonds is 5. The number of methoxy groups -OCH3 is 1. The van der Waals surface area contributed by atoms with Crippen molar-refractivity contribution in [3.05, 3.63) is 59.2 Å². The lowest BCUT2D eigenvalue weighted by Gasteiger charge is -2.50. The summed E-state index contributed by atoms with van der Waals surface area (Å²) in [5.41, 5.74) is 3.66. The van der Waals surface area contributed by atoms with Crippen molar-refractivity contribution in [2.75, 3.05) is 25.5 Å². The maximum absolute atomic E-state index is 13.0. The number of fused-ring (bicyclic) bond motifs is 1. The van der Waals surface area contributed by atoms with Crippen LogP contribution < -0.4 is 15.0 Å². The first-order valence-electron chi connectivity index (χ1n) is 11.5. The highest BCUT2D eigenvalue weighted by molar-refractivity contribution is 5.92. The minimum absolute atomic E-state index is 0.0310. The van der Waals surface area contributed by atoms with E-state index in [9.17, 15) is 9.90 Å². The molecule has 2 aliphatic rings. The van der Waals surface area contributed by atoms with Gasteiger partial charge in [0.1, 0.15) is 11.8 Å². The predicted molar refractivity (Wildman–Crippen MR) is 123 cm³/mol. The molecule has 1 aliphatic heterocycles. The summed E-state index contributed by atoms with van der Waals surface area (Å²) >= 11 is 0. The molecule has 166 valence electrons. The first kappa shape index (κ1) is 21.8. The fourth-order valence-electron chi connectivity index (χ4n) is 5.60. The Hall–Kier alpha value is -2.37. The second-order valence-electron chi connectivity index (χ2n) is 9.41. The van der Waals surface area contributed by atoms with Crippen molar-refractivity contribution in [3.63, 3.8) is 0 Å². The normalized spacial score (nSPS) is 27.9. The van der Waals surface area contributed by atoms with E-state index in [0.717, 1.165) is 61.2 Å². The van der Waals surface area contributed by atoms with E-state index in [1.807, 2.05) is 38.1 Å². The molecular weight excluding hydrogens is 388 g/mol. The smallest absolute Gasteiger partial charge is 0.279 e. The molecule has 0 bridgehead atoms. The number of quaternary nitrogens is 1. The number of aliphatic hydroxyl groups is 1. The van der Waals surface area contributed by atoms with Gasteiger partial charge in [-0.25, -0.2) is 0 Å². The van der Waals surface area contributed by atoms with E-state index in [0.29, 0.717) is 6.54 Å². The van der Waals surface area contributed by atoms with Crippen molar-refractivity contribution < 1.29 is 19.5 Å². The third-order valence-electron chi connectivity index (χ3n) is 7.32. The van der Waals surface area contributed by atoms with E-state index in [1.54, 1.807) is 7.11 Å². The Morgan fingerprint density at radius 2 is 1.94 bits per heavy atom. The number of piperidine rings is 1. The molecule has 2 aromatic carbocycles. The average molecular weight is 424 g/mol. The van der Waals surface area contributed by atoms with Crippen molar-refractivity contribution in [2.24, 2.45) is 5.92 Å². The van der Waals surface area contributed by atoms with E-state index in [2.05, 4.69) is 23.5 Å². The molecule has 4 rings (SSSR count). The third kappa shape index (κ3) is 4.63. The highest BCUT2D eigenvalue weighted by atomic mass is 16.5. The summed E-state index contributed by atoms with van der Waals surface area (Å²) in [5, 5.41) is 14.6. The summed E-state index contributed by atoms with van der Waals surface area (Å²) in [7, 11) is 1.67. The van der Waals surface area contributed by atoms with Gasteiger partial charge in [-0.2, -0.15) is 0 Å². The number of ether oxygens (including phenoxy) is 1. The SMILES string of the molecule is COc1ccc([C@H]2[C@H]3CCCC[C@]3(O)CC[NH+]2CC(=O)Nc2cc(C)ccc2C)cc1. The minimum Gasteiger partial charge on any atom is -0.497 e. The molecule has 1 saturated carbocycles. The van der Waals surface area contributed by atoms with E-state index < -0.39 is 5.60 Å². The summed E-state index contributed by atoms with van der Waals surface area (Å²) in [6.45, 7) is 5.25. The van der Waals surface area contributed by atoms with Crippen molar-refractivity contribution in [3.8, 4) is 5.75 Å². The van der Waals surface area contributed by atoms with Gasteiger partial charge in [0.15, 0.2) is 6.54 Å². The van der Waals surface area contributed by atoms with Gasteiger partial charge in [0.2, 0.25) is 0 Å². The molecule has 0 radical (unpaired) electrons. The number of likely N-dealkylation sites (tertiary alicyclic amines) is 1. The van der Waals surface area contributed by atoms with E-state index in [-0.39, 0.29) is 17.9 Å². The van der Waals surface area contributed by atoms with Crippen molar-refractivity contribution in [1.82, 2.24) is 0 Å². The fourth-order valence-corrected chi connectivity index (χ4v) is 5.60. The van der Waals surface area contributed by atoms with Gasteiger partial charge in [-0.05, 0) is 68.1 Å². The van der Waals surface area contributed by atoms with Gasteiger partial charge in [-0.3, -0.25) is 4.79 Å². The standard InChI is InChI=1S/C26H34N2O3/c1-18-7-8-19(2)23(16-18)27-24(29)17-28-15-14-26(30)13-5-4-6-22(26)25(28)20-9-11-21(31-3)12-10-20/h7-12,16,22,25,30H,4-6,13-15,17H2,1-3H3,(H,27,29)/p+1/t22-,25+,26+/m1/s1. The molecule has 5 heteroatoms. The largest absolute Gasteiger partial charge is 0.497 e. The summed E-state index contributed by atoms with van der Waals surface area (Å²) in [6, 6.07) is 14.4. The second kappa shape index (κ2) is 9.01. The van der Waals surface area contributed by atoms with Crippen LogP contribution in [0.25, 0.3) is 0 Å². The molecule has 31 heavy (non-hydrogen) atoms. The van der Waals surface area contributed by atoms with Gasteiger partial charge in [-0.15, -0.1) is 0 Å². The molecule has 5 nitrogen and oxygen atoms in total. The fraction of sp³-hybridized carbons (Fsp3) is 0.500. The molecule has 0 aromatic heterocycles. The topological polar surface area (TPSA) is 63.0 Å². The lowest BCUT2D eigenvalue weighted by molar-refractivity contribution is -0.937. The highest BCUT2D eigenvalue weighted by Crippen LogP contribution is 2.44. The van der Waals surface area contributed by atoms with Gasteiger partial charge in [0, 0.05) is 23.6 Å². The first-order chi connectivity index (χ1) is 14.9. The van der Waals surface area contributed by atoms with Crippen LogP contribution in [0.15, 0.2) is 42.5 Å². The number of anilines is 1. The second-order valence-corrected chi connectivity index (χ2v) is 9.41. The molecular formula is C26H35N2O3+. The van der Waals surface area contributed by atoms with Crippen LogP contribution in [-0.2, 0) is 4.79 Å². The number of hydrogen-bond donors (Lipinski definition) is 3. The summed E-state index contributed by atoms with van der Waals surface area (Å²) in [5.74, 6) is 1.03. The Kier molecular flexibility index (Phi) is 6.35. The van der Waals surface area contributed by atoms with Crippen LogP contribution in [0.5, 0.6) is 5.75 Å². The van der Waals surface area contributed by atoms with Gasteiger partial charge < -0.3 is 20.1 Å². The molecule has 1 amide bonds. The lowest BCUT2D eigenvalue weighted by Crippen LogP contribution is -3.16. The van der Waals surface area contributed by atoms with E-state index in [4.69, 9.17) is 4.74 Å². The monoisotopic (exact) mass is 423 g/mol. The zero-order valence-electron chi connectivity index (χ0n) is 18.9. The number of carbonyl (C=O) groups is 1. The molecule has 2 aromatic rings. The quantitative estimate of drug-likeness (QED) is 0.692. The summed E-state index contributed by atoms with van der Waals surface area (Å²) in [4.78, 5) is 14.3. The Morgan fingerprint density at radius 3 is 2.68 bits per heavy atom. The first-order valence-corrected chi connectivity index (χ1v) is 11.5. The van der Waals surface area contributed by atoms with Crippen LogP contribution in [0.3, 0.4) is 0 Å². The minimum atomic E-state index is -0.615. The maximum Gasteiger partial charge on any atom is 0.279 e. The highest BCUT2D eigenvalue weighted by Gasteiger charge is 2.51. The van der Waals surface area contributed by atoms with Gasteiger partial charge in [-0.1, -0.05) is 25.0 Å². The Bertz CT molecular complexity index is 927. The summed E-state index contributed by atoms with van der Waals surface area (Å²) < 4.78 is 5.34. The van der Waals surface area contributed by atoms with Gasteiger partial charge in [0.25, 0.3) is 5.91 Å². The number of aryl methyl sites for hydroxylation is 2. The molecule has 3 N–H and O–H groups in total. The summed E-state index contributed by atoms with van der Waals surface area (Å²) in [6.07, 6.45) is 4.87. The molecule has 1 unspecified atom stereocenters. The molecule has 1 saturated heterocycles. The molecule has 1 aliphatic carbocycles. The van der Waals surface area contributed by atoms with Crippen LogP contribution >= 0.6 is 0 Å². The number of hydrogen-bond acceptors (Lipinski definition) is 3. The van der Waals surface area contributed by atoms with Gasteiger partial charge in [0.05, 0.1) is 19.3 Å². The van der Waals surface area contributed by atoms with Crippen LogP contribution in [0.1, 0.15) is 54.8 Å². The van der Waals surface area contributed by atoms with Crippen molar-refractivity contribution >= 4 is 11.6 Å².